The highest BCUT2D eigenvalue weighted by Crippen LogP contribution is 2.21. The lowest BCUT2D eigenvalue weighted by Gasteiger charge is -2.12. The molecule has 1 atom stereocenters. The van der Waals surface area contributed by atoms with Crippen LogP contribution in [0.5, 0.6) is 0 Å². The Kier molecular flexibility index (Phi) is 13.9. The standard InChI is InChI=1S/C22H30N2O9S/c1-4-19(26)30-9-10-32-22(29)24-18-13-17(6-5-15(18)2)23-21(28)33-11-12-34-14-16(3)20(27)31-8-7-25/h4-6,13,16,25H,1,7-12,14H2,2-3H3,(H,23,28)(H,24,29). The van der Waals surface area contributed by atoms with Crippen LogP contribution in [-0.4, -0.2) is 73.8 Å². The van der Waals surface area contributed by atoms with Gasteiger partial charge in [0.2, 0.25) is 0 Å². The van der Waals surface area contributed by atoms with Gasteiger partial charge in [0, 0.05) is 29.0 Å². The smallest absolute Gasteiger partial charge is 0.411 e. The van der Waals surface area contributed by atoms with E-state index in [1.807, 2.05) is 0 Å². The molecule has 1 aromatic carbocycles. The molecule has 0 aliphatic rings. The molecule has 1 rings (SSSR count). The van der Waals surface area contributed by atoms with Crippen molar-refractivity contribution < 1.29 is 43.2 Å². The van der Waals surface area contributed by atoms with E-state index in [0.717, 1.165) is 11.6 Å². The van der Waals surface area contributed by atoms with E-state index in [1.165, 1.54) is 11.8 Å². The lowest BCUT2D eigenvalue weighted by atomic mass is 10.2. The maximum Gasteiger partial charge on any atom is 0.411 e. The molecule has 0 aromatic heterocycles. The number of anilines is 2. The molecule has 12 heteroatoms. The van der Waals surface area contributed by atoms with E-state index in [-0.39, 0.29) is 44.9 Å². The van der Waals surface area contributed by atoms with Gasteiger partial charge < -0.3 is 24.1 Å². The van der Waals surface area contributed by atoms with Crippen LogP contribution in [0.25, 0.3) is 0 Å². The van der Waals surface area contributed by atoms with Crippen LogP contribution in [0.1, 0.15) is 12.5 Å². The van der Waals surface area contributed by atoms with Crippen LogP contribution < -0.4 is 10.6 Å². The summed E-state index contributed by atoms with van der Waals surface area (Å²) in [5.41, 5.74) is 1.55. The summed E-state index contributed by atoms with van der Waals surface area (Å²) in [4.78, 5) is 46.4. The third-order valence-electron chi connectivity index (χ3n) is 4.01. The highest BCUT2D eigenvalue weighted by molar-refractivity contribution is 7.99. The second-order valence-corrected chi connectivity index (χ2v) is 7.94. The molecule has 0 saturated heterocycles. The normalized spacial score (nSPS) is 11.0. The summed E-state index contributed by atoms with van der Waals surface area (Å²) in [5.74, 6) is -0.353. The van der Waals surface area contributed by atoms with Gasteiger partial charge in [-0.2, -0.15) is 11.8 Å². The Morgan fingerprint density at radius 2 is 1.71 bits per heavy atom. The third-order valence-corrected chi connectivity index (χ3v) is 5.21. The average Bonchev–Trinajstić information content (AvgIpc) is 2.81. The molecule has 11 nitrogen and oxygen atoms in total. The van der Waals surface area contributed by atoms with E-state index in [9.17, 15) is 19.2 Å². The summed E-state index contributed by atoms with van der Waals surface area (Å²) in [6.07, 6.45) is -0.409. The van der Waals surface area contributed by atoms with Gasteiger partial charge in [-0.1, -0.05) is 19.6 Å². The van der Waals surface area contributed by atoms with Gasteiger partial charge in [0.05, 0.1) is 12.5 Å². The van der Waals surface area contributed by atoms with E-state index >= 15 is 0 Å². The molecule has 0 aliphatic carbocycles. The Morgan fingerprint density at radius 3 is 2.41 bits per heavy atom. The van der Waals surface area contributed by atoms with Crippen molar-refractivity contribution in [1.82, 2.24) is 0 Å². The van der Waals surface area contributed by atoms with Gasteiger partial charge in [0.15, 0.2) is 0 Å². The number of hydrogen-bond acceptors (Lipinski definition) is 10. The number of benzene rings is 1. The van der Waals surface area contributed by atoms with Crippen molar-refractivity contribution in [2.45, 2.75) is 13.8 Å². The zero-order valence-electron chi connectivity index (χ0n) is 19.2. The fourth-order valence-corrected chi connectivity index (χ4v) is 3.14. The van der Waals surface area contributed by atoms with Crippen molar-refractivity contribution in [1.29, 1.82) is 0 Å². The Bertz CT molecular complexity index is 848. The van der Waals surface area contributed by atoms with Gasteiger partial charge in [-0.15, -0.1) is 0 Å². The number of aryl methyl sites for hydroxylation is 1. The lowest BCUT2D eigenvalue weighted by Crippen LogP contribution is -2.20. The molecule has 0 heterocycles. The number of rotatable bonds is 14. The van der Waals surface area contributed by atoms with Gasteiger partial charge in [-0.3, -0.25) is 15.4 Å². The fourth-order valence-electron chi connectivity index (χ4n) is 2.28. The fraction of sp³-hybridized carbons (Fsp3) is 0.455. The molecule has 2 amide bonds. The third kappa shape index (κ3) is 12.1. The monoisotopic (exact) mass is 498 g/mol. The summed E-state index contributed by atoms with van der Waals surface area (Å²) in [5, 5.41) is 13.8. The van der Waals surface area contributed by atoms with Crippen LogP contribution in [-0.2, 0) is 28.5 Å². The topological polar surface area (TPSA) is 149 Å². The van der Waals surface area contributed by atoms with Crippen molar-refractivity contribution in [2.75, 3.05) is 55.2 Å². The van der Waals surface area contributed by atoms with Gasteiger partial charge in [0.1, 0.15) is 26.4 Å². The summed E-state index contributed by atoms with van der Waals surface area (Å²) in [6.45, 7) is 6.40. The maximum atomic E-state index is 12.0. The van der Waals surface area contributed by atoms with E-state index in [0.29, 0.717) is 22.9 Å². The number of nitrogens with one attached hydrogen (secondary N) is 2. The number of carbonyl (C=O) groups excluding carboxylic acids is 4. The minimum Gasteiger partial charge on any atom is -0.463 e. The number of hydrogen-bond donors (Lipinski definition) is 3. The number of thioether (sulfide) groups is 1. The number of ether oxygens (including phenoxy) is 4. The molecule has 0 aliphatic heterocycles. The zero-order valence-corrected chi connectivity index (χ0v) is 20.0. The predicted molar refractivity (Wildman–Crippen MR) is 127 cm³/mol. The Balaban J connectivity index is 2.36. The Hall–Kier alpha value is -3.25. The SMILES string of the molecule is C=CC(=O)OCCOC(=O)Nc1cc(NC(=O)OCCSCC(C)C(=O)OCCO)ccc1C. The highest BCUT2D eigenvalue weighted by atomic mass is 32.2. The number of carbonyl (C=O) groups is 4. The second-order valence-electron chi connectivity index (χ2n) is 6.79. The quantitative estimate of drug-likeness (QED) is 0.151. The molecular weight excluding hydrogens is 468 g/mol. The molecule has 0 radical (unpaired) electrons. The van der Waals surface area contributed by atoms with Crippen LogP contribution in [0, 0.1) is 12.8 Å². The molecule has 0 spiro atoms. The molecule has 3 N–H and O–H groups in total. The number of esters is 2. The minimum atomic E-state index is -0.746. The van der Waals surface area contributed by atoms with Gasteiger partial charge in [-0.05, 0) is 24.6 Å². The summed E-state index contributed by atoms with van der Waals surface area (Å²) in [6, 6.07) is 4.89. The van der Waals surface area contributed by atoms with Crippen LogP contribution in [0.4, 0.5) is 21.0 Å². The second kappa shape index (κ2) is 16.4. The zero-order chi connectivity index (χ0) is 25.3. The molecule has 34 heavy (non-hydrogen) atoms. The van der Waals surface area contributed by atoms with Crippen molar-refractivity contribution in [2.24, 2.45) is 5.92 Å². The van der Waals surface area contributed by atoms with Crippen molar-refractivity contribution in [3.8, 4) is 0 Å². The first-order valence-corrected chi connectivity index (χ1v) is 11.5. The van der Waals surface area contributed by atoms with Crippen LogP contribution >= 0.6 is 11.8 Å². The van der Waals surface area contributed by atoms with Crippen LogP contribution in [0.15, 0.2) is 30.9 Å². The molecule has 0 fully saturated rings. The van der Waals surface area contributed by atoms with Crippen molar-refractivity contribution >= 4 is 47.3 Å². The van der Waals surface area contributed by atoms with Crippen LogP contribution in [0.2, 0.25) is 0 Å². The molecule has 0 saturated carbocycles. The summed E-state index contributed by atoms with van der Waals surface area (Å²) >= 11 is 1.43. The number of amides is 2. The van der Waals surface area contributed by atoms with Gasteiger partial charge in [0.25, 0.3) is 0 Å². The molecule has 0 bridgehead atoms. The summed E-state index contributed by atoms with van der Waals surface area (Å²) < 4.78 is 19.6. The summed E-state index contributed by atoms with van der Waals surface area (Å²) in [7, 11) is 0. The number of aliphatic hydroxyl groups is 1. The lowest BCUT2D eigenvalue weighted by molar-refractivity contribution is -0.148. The van der Waals surface area contributed by atoms with E-state index < -0.39 is 18.2 Å². The van der Waals surface area contributed by atoms with Crippen molar-refractivity contribution in [3.05, 3.63) is 36.4 Å². The first-order valence-electron chi connectivity index (χ1n) is 10.4. The Labute approximate surface area is 202 Å². The van der Waals surface area contributed by atoms with E-state index in [4.69, 9.17) is 24.1 Å². The van der Waals surface area contributed by atoms with E-state index in [1.54, 1.807) is 32.0 Å². The van der Waals surface area contributed by atoms with Crippen molar-refractivity contribution in [3.63, 3.8) is 0 Å². The molecule has 1 aromatic rings. The first kappa shape index (κ1) is 28.8. The van der Waals surface area contributed by atoms with Crippen LogP contribution in [0.3, 0.4) is 0 Å². The average molecular weight is 499 g/mol. The molecular formula is C22H30N2O9S. The van der Waals surface area contributed by atoms with E-state index in [2.05, 4.69) is 17.2 Å². The number of aliphatic hydroxyl groups excluding tert-OH is 1. The minimum absolute atomic E-state index is 0.0260. The maximum absolute atomic E-state index is 12.0. The molecule has 1 unspecified atom stereocenters. The predicted octanol–water partition coefficient (Wildman–Crippen LogP) is 2.73. The van der Waals surface area contributed by atoms with Gasteiger partial charge in [-0.25, -0.2) is 14.4 Å². The first-order chi connectivity index (χ1) is 16.3. The van der Waals surface area contributed by atoms with Gasteiger partial charge >= 0.3 is 24.1 Å². The largest absolute Gasteiger partial charge is 0.463 e. The Morgan fingerprint density at radius 1 is 1.03 bits per heavy atom. The molecule has 188 valence electrons. The highest BCUT2D eigenvalue weighted by Gasteiger charge is 2.14.